The van der Waals surface area contributed by atoms with E-state index in [9.17, 15) is 14.9 Å². The number of hydrogen-bond donors (Lipinski definition) is 1. The first-order valence-electron chi connectivity index (χ1n) is 5.08. The van der Waals surface area contributed by atoms with E-state index in [1.807, 2.05) is 0 Å². The third-order valence-corrected chi connectivity index (χ3v) is 2.04. The molecular formula is C11H13N3O3. The molecule has 0 radical (unpaired) electrons. The van der Waals surface area contributed by atoms with Crippen molar-refractivity contribution in [2.75, 3.05) is 0 Å². The summed E-state index contributed by atoms with van der Waals surface area (Å²) in [6.07, 6.45) is 1.26. The lowest BCUT2D eigenvalue weighted by Crippen LogP contribution is -2.22. The van der Waals surface area contributed by atoms with E-state index >= 15 is 0 Å². The van der Waals surface area contributed by atoms with Gasteiger partial charge in [0.2, 0.25) is 5.91 Å². The van der Waals surface area contributed by atoms with Gasteiger partial charge in [0, 0.05) is 12.0 Å². The highest BCUT2D eigenvalue weighted by atomic mass is 16.6. The normalized spacial score (nSPS) is 10.8. The average Bonchev–Trinajstić information content (AvgIpc) is 2.29. The van der Waals surface area contributed by atoms with Crippen LogP contribution in [0, 0.1) is 16.0 Å². The fourth-order valence-corrected chi connectivity index (χ4v) is 1.06. The van der Waals surface area contributed by atoms with Gasteiger partial charge >= 0.3 is 0 Å². The smallest absolute Gasteiger partial charge is 0.273 e. The van der Waals surface area contributed by atoms with Crippen molar-refractivity contribution in [2.45, 2.75) is 13.8 Å². The number of hydrazone groups is 1. The molecule has 0 saturated carbocycles. The van der Waals surface area contributed by atoms with Crippen molar-refractivity contribution in [1.82, 2.24) is 5.43 Å². The minimum absolute atomic E-state index is 0.0463. The molecule has 1 amide bonds. The number of amides is 1. The molecule has 0 unspecified atom stereocenters. The van der Waals surface area contributed by atoms with Crippen LogP contribution in [0.4, 0.5) is 5.69 Å². The molecule has 17 heavy (non-hydrogen) atoms. The van der Waals surface area contributed by atoms with Gasteiger partial charge in [-0.25, -0.2) is 5.43 Å². The minimum atomic E-state index is -0.494. The molecule has 6 nitrogen and oxygen atoms in total. The maximum atomic E-state index is 11.2. The number of hydrogen-bond acceptors (Lipinski definition) is 4. The number of para-hydroxylation sites is 1. The number of nitrogens with zero attached hydrogens (tertiary/aromatic N) is 2. The van der Waals surface area contributed by atoms with E-state index < -0.39 is 4.92 Å². The van der Waals surface area contributed by atoms with Gasteiger partial charge in [-0.15, -0.1) is 0 Å². The van der Waals surface area contributed by atoms with Gasteiger partial charge in [0.15, 0.2) is 0 Å². The van der Waals surface area contributed by atoms with Gasteiger partial charge in [-0.1, -0.05) is 26.0 Å². The Kier molecular flexibility index (Phi) is 4.33. The van der Waals surface area contributed by atoms with E-state index in [2.05, 4.69) is 10.5 Å². The lowest BCUT2D eigenvalue weighted by Gasteiger charge is -2.01. The largest absolute Gasteiger partial charge is 0.278 e. The first-order valence-corrected chi connectivity index (χ1v) is 5.08. The molecular weight excluding hydrogens is 222 g/mol. The Bertz CT molecular complexity index is 455. The summed E-state index contributed by atoms with van der Waals surface area (Å²) in [5.41, 5.74) is 2.61. The summed E-state index contributed by atoms with van der Waals surface area (Å²) in [7, 11) is 0. The van der Waals surface area contributed by atoms with Gasteiger partial charge in [0.1, 0.15) is 0 Å². The lowest BCUT2D eigenvalue weighted by molar-refractivity contribution is -0.385. The van der Waals surface area contributed by atoms with Crippen LogP contribution in [0.25, 0.3) is 0 Å². The zero-order chi connectivity index (χ0) is 12.8. The zero-order valence-electron chi connectivity index (χ0n) is 9.58. The Morgan fingerprint density at radius 1 is 1.47 bits per heavy atom. The standard InChI is InChI=1S/C11H13N3O3/c1-8(2)11(15)13-12-7-9-5-3-4-6-10(9)14(16)17/h3-8H,1-2H3,(H,13,15)/b12-7+. The highest BCUT2D eigenvalue weighted by Crippen LogP contribution is 2.14. The summed E-state index contributed by atoms with van der Waals surface area (Å²) in [6, 6.07) is 6.18. The number of benzene rings is 1. The predicted octanol–water partition coefficient (Wildman–Crippen LogP) is 1.70. The van der Waals surface area contributed by atoms with Crippen molar-refractivity contribution in [2.24, 2.45) is 11.0 Å². The summed E-state index contributed by atoms with van der Waals surface area (Å²) < 4.78 is 0. The van der Waals surface area contributed by atoms with Crippen LogP contribution >= 0.6 is 0 Å². The van der Waals surface area contributed by atoms with Gasteiger partial charge in [-0.2, -0.15) is 5.10 Å². The van der Waals surface area contributed by atoms with Gasteiger partial charge in [0.25, 0.3) is 5.69 Å². The van der Waals surface area contributed by atoms with Crippen molar-refractivity contribution in [3.05, 3.63) is 39.9 Å². The Morgan fingerprint density at radius 3 is 2.71 bits per heavy atom. The van der Waals surface area contributed by atoms with E-state index in [-0.39, 0.29) is 17.5 Å². The third-order valence-electron chi connectivity index (χ3n) is 2.04. The van der Waals surface area contributed by atoms with Crippen LogP contribution in [-0.4, -0.2) is 17.0 Å². The number of carbonyl (C=O) groups is 1. The summed E-state index contributed by atoms with van der Waals surface area (Å²) in [5.74, 6) is -0.419. The highest BCUT2D eigenvalue weighted by molar-refractivity contribution is 5.86. The molecule has 0 aliphatic carbocycles. The molecule has 90 valence electrons. The fraction of sp³-hybridized carbons (Fsp3) is 0.273. The van der Waals surface area contributed by atoms with Crippen molar-refractivity contribution in [1.29, 1.82) is 0 Å². The second-order valence-electron chi connectivity index (χ2n) is 3.70. The monoisotopic (exact) mass is 235 g/mol. The predicted molar refractivity (Wildman–Crippen MR) is 63.7 cm³/mol. The maximum absolute atomic E-state index is 11.2. The molecule has 0 spiro atoms. The SMILES string of the molecule is CC(C)C(=O)N/N=C/c1ccccc1[N+](=O)[O-]. The van der Waals surface area contributed by atoms with E-state index in [1.54, 1.807) is 32.0 Å². The van der Waals surface area contributed by atoms with Crippen molar-refractivity contribution >= 4 is 17.8 Å². The van der Waals surface area contributed by atoms with Crippen molar-refractivity contribution < 1.29 is 9.72 Å². The van der Waals surface area contributed by atoms with Crippen LogP contribution in [-0.2, 0) is 4.79 Å². The van der Waals surface area contributed by atoms with E-state index in [0.717, 1.165) is 0 Å². The van der Waals surface area contributed by atoms with E-state index in [0.29, 0.717) is 5.56 Å². The molecule has 1 N–H and O–H groups in total. The molecule has 0 aliphatic heterocycles. The first-order chi connectivity index (χ1) is 8.02. The van der Waals surface area contributed by atoms with Gasteiger partial charge < -0.3 is 0 Å². The number of rotatable bonds is 4. The molecule has 1 aromatic carbocycles. The Labute approximate surface area is 98.5 Å². The third kappa shape index (κ3) is 3.67. The molecule has 0 bridgehead atoms. The number of nitrogens with one attached hydrogen (secondary N) is 1. The van der Waals surface area contributed by atoms with Crippen LogP contribution in [0.5, 0.6) is 0 Å². The number of nitro benzene ring substituents is 1. The molecule has 0 atom stereocenters. The second-order valence-corrected chi connectivity index (χ2v) is 3.70. The van der Waals surface area contributed by atoms with E-state index in [4.69, 9.17) is 0 Å². The van der Waals surface area contributed by atoms with Gasteiger partial charge in [0.05, 0.1) is 16.7 Å². The summed E-state index contributed by atoms with van der Waals surface area (Å²) in [6.45, 7) is 3.46. The number of carbonyl (C=O) groups excluding carboxylic acids is 1. The van der Waals surface area contributed by atoms with Crippen LogP contribution in [0.15, 0.2) is 29.4 Å². The Balaban J connectivity index is 2.78. The average molecular weight is 235 g/mol. The molecule has 0 heterocycles. The quantitative estimate of drug-likeness (QED) is 0.489. The first kappa shape index (κ1) is 12.8. The van der Waals surface area contributed by atoms with Gasteiger partial charge in [-0.05, 0) is 6.07 Å². The van der Waals surface area contributed by atoms with Crippen LogP contribution < -0.4 is 5.43 Å². The second kappa shape index (κ2) is 5.74. The molecule has 0 aliphatic rings. The molecule has 0 fully saturated rings. The number of nitro groups is 1. The molecule has 1 rings (SSSR count). The van der Waals surface area contributed by atoms with Crippen LogP contribution in [0.2, 0.25) is 0 Å². The minimum Gasteiger partial charge on any atom is -0.273 e. The summed E-state index contributed by atoms with van der Waals surface area (Å²) in [5, 5.41) is 14.4. The maximum Gasteiger partial charge on any atom is 0.278 e. The van der Waals surface area contributed by atoms with Gasteiger partial charge in [-0.3, -0.25) is 14.9 Å². The van der Waals surface area contributed by atoms with E-state index in [1.165, 1.54) is 12.3 Å². The summed E-state index contributed by atoms with van der Waals surface area (Å²) >= 11 is 0. The zero-order valence-corrected chi connectivity index (χ0v) is 9.58. The molecule has 0 aromatic heterocycles. The topological polar surface area (TPSA) is 84.6 Å². The molecule has 1 aromatic rings. The Hall–Kier alpha value is -2.24. The van der Waals surface area contributed by atoms with Crippen molar-refractivity contribution in [3.8, 4) is 0 Å². The lowest BCUT2D eigenvalue weighted by atomic mass is 10.2. The Morgan fingerprint density at radius 2 is 2.12 bits per heavy atom. The molecule has 0 saturated heterocycles. The molecule has 6 heteroatoms. The summed E-state index contributed by atoms with van der Waals surface area (Å²) in [4.78, 5) is 21.4. The van der Waals surface area contributed by atoms with Crippen molar-refractivity contribution in [3.63, 3.8) is 0 Å². The highest BCUT2D eigenvalue weighted by Gasteiger charge is 2.10. The van der Waals surface area contributed by atoms with Crippen LogP contribution in [0.3, 0.4) is 0 Å². The van der Waals surface area contributed by atoms with Crippen LogP contribution in [0.1, 0.15) is 19.4 Å². The fourth-order valence-electron chi connectivity index (χ4n) is 1.06.